The molecule has 2 heteroatoms. The molecule has 1 aromatic carbocycles. The average Bonchev–Trinajstić information content (AvgIpc) is 2.75. The Bertz CT molecular complexity index is 351. The number of benzene rings is 1. The second kappa shape index (κ2) is 6.06. The molecule has 2 atom stereocenters. The molecule has 0 heterocycles. The fourth-order valence-electron chi connectivity index (χ4n) is 2.71. The highest BCUT2D eigenvalue weighted by molar-refractivity contribution is 5.28. The van der Waals surface area contributed by atoms with E-state index in [-0.39, 0.29) is 0 Å². The minimum Gasteiger partial charge on any atom is -0.497 e. The lowest BCUT2D eigenvalue weighted by atomic mass is 10.1. The van der Waals surface area contributed by atoms with Gasteiger partial charge < -0.3 is 10.1 Å². The van der Waals surface area contributed by atoms with Crippen LogP contribution in [-0.4, -0.2) is 13.7 Å². The van der Waals surface area contributed by atoms with Crippen molar-refractivity contribution in [3.63, 3.8) is 0 Å². The van der Waals surface area contributed by atoms with Gasteiger partial charge in [-0.1, -0.05) is 25.5 Å². The van der Waals surface area contributed by atoms with Crippen LogP contribution in [0.5, 0.6) is 5.75 Å². The van der Waals surface area contributed by atoms with Crippen molar-refractivity contribution >= 4 is 0 Å². The van der Waals surface area contributed by atoms with Gasteiger partial charge in [0.25, 0.3) is 0 Å². The summed E-state index contributed by atoms with van der Waals surface area (Å²) in [6, 6.07) is 8.28. The van der Waals surface area contributed by atoms with E-state index in [4.69, 9.17) is 4.74 Å². The second-order valence-electron chi connectivity index (χ2n) is 5.27. The van der Waals surface area contributed by atoms with Gasteiger partial charge >= 0.3 is 0 Å². The lowest BCUT2D eigenvalue weighted by molar-refractivity contribution is 0.413. The molecule has 94 valence electrons. The van der Waals surface area contributed by atoms with Crippen molar-refractivity contribution in [2.75, 3.05) is 13.7 Å². The second-order valence-corrected chi connectivity index (χ2v) is 5.27. The molecule has 0 aromatic heterocycles. The van der Waals surface area contributed by atoms with Gasteiger partial charge in [0, 0.05) is 6.54 Å². The number of methoxy groups -OCH3 is 1. The summed E-state index contributed by atoms with van der Waals surface area (Å²) in [4.78, 5) is 0. The Hall–Kier alpha value is -1.02. The van der Waals surface area contributed by atoms with E-state index in [1.54, 1.807) is 7.11 Å². The molecule has 0 amide bonds. The number of hydrogen-bond acceptors (Lipinski definition) is 2. The van der Waals surface area contributed by atoms with Crippen molar-refractivity contribution in [3.05, 3.63) is 29.8 Å². The molecule has 1 N–H and O–H groups in total. The number of nitrogens with one attached hydrogen (secondary N) is 1. The SMILES string of the molecule is COc1cccc(CNCC2CCC(C)C2)c1. The minimum absolute atomic E-state index is 0.885. The van der Waals surface area contributed by atoms with E-state index in [0.29, 0.717) is 0 Å². The van der Waals surface area contributed by atoms with Gasteiger partial charge in [-0.3, -0.25) is 0 Å². The first kappa shape index (κ1) is 12.4. The molecule has 1 aromatic rings. The zero-order valence-corrected chi connectivity index (χ0v) is 10.9. The topological polar surface area (TPSA) is 21.3 Å². The third-order valence-corrected chi connectivity index (χ3v) is 3.70. The predicted molar refractivity (Wildman–Crippen MR) is 71.2 cm³/mol. The third-order valence-electron chi connectivity index (χ3n) is 3.70. The lowest BCUT2D eigenvalue weighted by Gasteiger charge is -2.11. The van der Waals surface area contributed by atoms with Crippen LogP contribution < -0.4 is 10.1 Å². The normalized spacial score (nSPS) is 23.9. The first-order valence-electron chi connectivity index (χ1n) is 6.61. The van der Waals surface area contributed by atoms with Crippen molar-refractivity contribution in [3.8, 4) is 5.75 Å². The van der Waals surface area contributed by atoms with E-state index < -0.39 is 0 Å². The molecule has 2 nitrogen and oxygen atoms in total. The zero-order valence-electron chi connectivity index (χ0n) is 10.9. The first-order chi connectivity index (χ1) is 8.28. The quantitative estimate of drug-likeness (QED) is 0.843. The Labute approximate surface area is 104 Å². The summed E-state index contributed by atoms with van der Waals surface area (Å²) in [5.74, 6) is 2.76. The fourth-order valence-corrected chi connectivity index (χ4v) is 2.71. The van der Waals surface area contributed by atoms with Crippen LogP contribution in [0, 0.1) is 11.8 Å². The Morgan fingerprint density at radius 3 is 2.94 bits per heavy atom. The summed E-state index contributed by atoms with van der Waals surface area (Å²) < 4.78 is 5.22. The fraction of sp³-hybridized carbons (Fsp3) is 0.600. The van der Waals surface area contributed by atoms with E-state index in [0.717, 1.165) is 30.7 Å². The number of rotatable bonds is 5. The Morgan fingerprint density at radius 1 is 1.35 bits per heavy atom. The molecule has 2 rings (SSSR count). The van der Waals surface area contributed by atoms with Gasteiger partial charge in [-0.05, 0) is 48.9 Å². The Morgan fingerprint density at radius 2 is 2.24 bits per heavy atom. The highest BCUT2D eigenvalue weighted by Crippen LogP contribution is 2.29. The molecule has 1 saturated carbocycles. The largest absolute Gasteiger partial charge is 0.497 e. The van der Waals surface area contributed by atoms with Gasteiger partial charge in [0.1, 0.15) is 5.75 Å². The summed E-state index contributed by atoms with van der Waals surface area (Å²) in [6.07, 6.45) is 4.20. The van der Waals surface area contributed by atoms with E-state index >= 15 is 0 Å². The Kier molecular flexibility index (Phi) is 4.43. The summed E-state index contributed by atoms with van der Waals surface area (Å²) in [5.41, 5.74) is 1.30. The zero-order chi connectivity index (χ0) is 12.1. The van der Waals surface area contributed by atoms with Crippen LogP contribution in [0.25, 0.3) is 0 Å². The molecule has 1 aliphatic rings. The highest BCUT2D eigenvalue weighted by Gasteiger charge is 2.20. The minimum atomic E-state index is 0.885. The number of ether oxygens (including phenoxy) is 1. The van der Waals surface area contributed by atoms with E-state index in [1.807, 2.05) is 12.1 Å². The number of hydrogen-bond donors (Lipinski definition) is 1. The predicted octanol–water partition coefficient (Wildman–Crippen LogP) is 3.22. The summed E-state index contributed by atoms with van der Waals surface area (Å²) in [5, 5.41) is 3.56. The maximum Gasteiger partial charge on any atom is 0.119 e. The van der Waals surface area contributed by atoms with Gasteiger partial charge in [-0.2, -0.15) is 0 Å². The monoisotopic (exact) mass is 233 g/mol. The van der Waals surface area contributed by atoms with E-state index in [9.17, 15) is 0 Å². The standard InChI is InChI=1S/C15H23NO/c1-12-6-7-14(8-12)11-16-10-13-4-3-5-15(9-13)17-2/h3-5,9,12,14,16H,6-8,10-11H2,1-2H3. The molecule has 0 radical (unpaired) electrons. The third kappa shape index (κ3) is 3.74. The lowest BCUT2D eigenvalue weighted by Crippen LogP contribution is -2.20. The van der Waals surface area contributed by atoms with Crippen molar-refractivity contribution in [2.24, 2.45) is 11.8 Å². The maximum absolute atomic E-state index is 5.22. The van der Waals surface area contributed by atoms with Crippen molar-refractivity contribution in [2.45, 2.75) is 32.7 Å². The summed E-state index contributed by atoms with van der Waals surface area (Å²) >= 11 is 0. The van der Waals surface area contributed by atoms with Gasteiger partial charge in [0.15, 0.2) is 0 Å². The molecule has 0 saturated heterocycles. The van der Waals surface area contributed by atoms with Crippen LogP contribution in [-0.2, 0) is 6.54 Å². The molecule has 2 unspecified atom stereocenters. The molecular formula is C15H23NO. The first-order valence-corrected chi connectivity index (χ1v) is 6.61. The molecule has 0 aliphatic heterocycles. The van der Waals surface area contributed by atoms with Gasteiger partial charge in [-0.25, -0.2) is 0 Å². The molecule has 1 aliphatic carbocycles. The van der Waals surface area contributed by atoms with Crippen LogP contribution >= 0.6 is 0 Å². The molecule has 0 bridgehead atoms. The van der Waals surface area contributed by atoms with Gasteiger partial charge in [0.05, 0.1) is 7.11 Å². The van der Waals surface area contributed by atoms with E-state index in [2.05, 4.69) is 24.4 Å². The average molecular weight is 233 g/mol. The summed E-state index contributed by atoms with van der Waals surface area (Å²) in [7, 11) is 1.71. The van der Waals surface area contributed by atoms with Gasteiger partial charge in [-0.15, -0.1) is 0 Å². The summed E-state index contributed by atoms with van der Waals surface area (Å²) in [6.45, 7) is 4.46. The van der Waals surface area contributed by atoms with Crippen LogP contribution in [0.4, 0.5) is 0 Å². The highest BCUT2D eigenvalue weighted by atomic mass is 16.5. The van der Waals surface area contributed by atoms with Crippen LogP contribution in [0.3, 0.4) is 0 Å². The molecular weight excluding hydrogens is 210 g/mol. The maximum atomic E-state index is 5.22. The van der Waals surface area contributed by atoms with Crippen LogP contribution in [0.1, 0.15) is 31.7 Å². The molecule has 0 spiro atoms. The molecule has 17 heavy (non-hydrogen) atoms. The van der Waals surface area contributed by atoms with Crippen molar-refractivity contribution in [1.82, 2.24) is 5.32 Å². The van der Waals surface area contributed by atoms with Crippen LogP contribution in [0.15, 0.2) is 24.3 Å². The smallest absolute Gasteiger partial charge is 0.119 e. The van der Waals surface area contributed by atoms with Crippen molar-refractivity contribution in [1.29, 1.82) is 0 Å². The Balaban J connectivity index is 1.74. The van der Waals surface area contributed by atoms with Crippen LogP contribution in [0.2, 0.25) is 0 Å². The van der Waals surface area contributed by atoms with Gasteiger partial charge in [0.2, 0.25) is 0 Å². The van der Waals surface area contributed by atoms with Crippen molar-refractivity contribution < 1.29 is 4.74 Å². The van der Waals surface area contributed by atoms with E-state index in [1.165, 1.54) is 24.8 Å². The molecule has 1 fully saturated rings.